The maximum Gasteiger partial charge on any atom is 0.315 e. The topological polar surface area (TPSA) is 79.2 Å². The zero-order valence-corrected chi connectivity index (χ0v) is 13.2. The van der Waals surface area contributed by atoms with E-state index in [1.807, 2.05) is 43.5 Å². The number of carbonyl (C=O) groups is 1. The summed E-state index contributed by atoms with van der Waals surface area (Å²) in [6.45, 7) is 2.30. The Morgan fingerprint density at radius 3 is 2.70 bits per heavy atom. The van der Waals surface area contributed by atoms with Crippen molar-refractivity contribution in [2.75, 3.05) is 6.61 Å². The van der Waals surface area contributed by atoms with E-state index in [-0.39, 0.29) is 12.6 Å². The third-order valence-corrected chi connectivity index (χ3v) is 4.36. The average Bonchev–Trinajstić information content (AvgIpc) is 3.29. The molecule has 6 heteroatoms. The van der Waals surface area contributed by atoms with Gasteiger partial charge in [-0.3, -0.25) is 0 Å². The van der Waals surface area contributed by atoms with Gasteiger partial charge in [0.2, 0.25) is 0 Å². The fourth-order valence-corrected chi connectivity index (χ4v) is 2.67. The number of hydrogen-bond donors (Lipinski definition) is 3. The Balaban J connectivity index is 1.52. The summed E-state index contributed by atoms with van der Waals surface area (Å²) < 4.78 is 1.78. The van der Waals surface area contributed by atoms with E-state index in [2.05, 4.69) is 15.7 Å². The van der Waals surface area contributed by atoms with Gasteiger partial charge in [-0.2, -0.15) is 5.10 Å². The Morgan fingerprint density at radius 2 is 2.13 bits per heavy atom. The maximum atomic E-state index is 12.0. The van der Waals surface area contributed by atoms with Crippen molar-refractivity contribution in [2.45, 2.75) is 31.8 Å². The second-order valence-corrected chi connectivity index (χ2v) is 6.27. The molecule has 2 amide bonds. The molecule has 122 valence electrons. The van der Waals surface area contributed by atoms with Crippen molar-refractivity contribution in [1.82, 2.24) is 20.4 Å². The molecule has 1 saturated carbocycles. The van der Waals surface area contributed by atoms with Crippen molar-refractivity contribution < 1.29 is 9.90 Å². The van der Waals surface area contributed by atoms with Crippen LogP contribution in [0, 0.1) is 5.92 Å². The molecule has 1 unspecified atom stereocenters. The highest BCUT2D eigenvalue weighted by Gasteiger charge is 2.42. The molecule has 0 radical (unpaired) electrons. The monoisotopic (exact) mass is 314 g/mol. The molecule has 0 saturated heterocycles. The molecule has 1 heterocycles. The summed E-state index contributed by atoms with van der Waals surface area (Å²) in [6, 6.07) is 9.48. The van der Waals surface area contributed by atoms with Crippen LogP contribution in [0.5, 0.6) is 0 Å². The Morgan fingerprint density at radius 1 is 1.39 bits per heavy atom. The molecular weight excluding hydrogens is 292 g/mol. The number of nitrogens with zero attached hydrogens (tertiary/aromatic N) is 2. The highest BCUT2D eigenvalue weighted by atomic mass is 16.3. The Hall–Kier alpha value is -2.34. The van der Waals surface area contributed by atoms with E-state index in [0.717, 1.165) is 24.1 Å². The molecule has 23 heavy (non-hydrogen) atoms. The largest absolute Gasteiger partial charge is 0.394 e. The highest BCUT2D eigenvalue weighted by Crippen LogP contribution is 2.39. The lowest BCUT2D eigenvalue weighted by Gasteiger charge is -2.28. The summed E-state index contributed by atoms with van der Waals surface area (Å²) in [7, 11) is 0. The van der Waals surface area contributed by atoms with Gasteiger partial charge in [0.25, 0.3) is 0 Å². The van der Waals surface area contributed by atoms with Gasteiger partial charge in [-0.05, 0) is 49.4 Å². The van der Waals surface area contributed by atoms with Gasteiger partial charge in [-0.15, -0.1) is 0 Å². The summed E-state index contributed by atoms with van der Waals surface area (Å²) in [5.41, 5.74) is 1.46. The summed E-state index contributed by atoms with van der Waals surface area (Å²) in [4.78, 5) is 12.0. The smallest absolute Gasteiger partial charge is 0.315 e. The lowest BCUT2D eigenvalue weighted by molar-refractivity contribution is 0.155. The van der Waals surface area contributed by atoms with Gasteiger partial charge >= 0.3 is 6.03 Å². The number of aromatic nitrogens is 2. The first-order chi connectivity index (χ1) is 11.1. The van der Waals surface area contributed by atoms with E-state index in [1.54, 1.807) is 10.9 Å². The predicted octanol–water partition coefficient (Wildman–Crippen LogP) is 1.83. The Bertz CT molecular complexity index is 650. The van der Waals surface area contributed by atoms with Crippen LogP contribution in [0.4, 0.5) is 4.79 Å². The second-order valence-electron chi connectivity index (χ2n) is 6.27. The van der Waals surface area contributed by atoms with Gasteiger partial charge in [0.15, 0.2) is 0 Å². The van der Waals surface area contributed by atoms with Crippen LogP contribution < -0.4 is 10.6 Å². The van der Waals surface area contributed by atoms with E-state index in [9.17, 15) is 9.90 Å². The fraction of sp³-hybridized carbons (Fsp3) is 0.412. The van der Waals surface area contributed by atoms with Gasteiger partial charge in [0, 0.05) is 18.9 Å². The first kappa shape index (κ1) is 15.6. The van der Waals surface area contributed by atoms with Crippen molar-refractivity contribution >= 4 is 6.03 Å². The molecule has 2 aromatic rings. The van der Waals surface area contributed by atoms with Crippen molar-refractivity contribution in [3.05, 3.63) is 48.3 Å². The second kappa shape index (κ2) is 6.42. The number of hydrogen-bond acceptors (Lipinski definition) is 3. The number of aliphatic hydroxyl groups is 1. The number of nitrogens with one attached hydrogen (secondary N) is 2. The lowest BCUT2D eigenvalue weighted by Crippen LogP contribution is -2.53. The molecule has 1 aromatic carbocycles. The van der Waals surface area contributed by atoms with E-state index >= 15 is 0 Å². The van der Waals surface area contributed by atoms with Gasteiger partial charge in [0.05, 0.1) is 17.8 Å². The molecule has 0 bridgehead atoms. The molecule has 1 aliphatic carbocycles. The molecule has 3 rings (SSSR count). The van der Waals surface area contributed by atoms with Crippen molar-refractivity contribution in [3.63, 3.8) is 0 Å². The Labute approximate surface area is 135 Å². The van der Waals surface area contributed by atoms with Crippen LogP contribution in [-0.4, -0.2) is 33.1 Å². The molecular formula is C17H22N4O2. The zero-order chi connectivity index (χ0) is 16.3. The number of benzene rings is 1. The molecule has 3 N–H and O–H groups in total. The summed E-state index contributed by atoms with van der Waals surface area (Å²) >= 11 is 0. The number of carbonyl (C=O) groups excluding carboxylic acids is 1. The number of rotatable bonds is 6. The molecule has 1 fully saturated rings. The van der Waals surface area contributed by atoms with Crippen LogP contribution >= 0.6 is 0 Å². The average molecular weight is 314 g/mol. The van der Waals surface area contributed by atoms with Crippen molar-refractivity contribution in [2.24, 2.45) is 5.92 Å². The highest BCUT2D eigenvalue weighted by molar-refractivity contribution is 5.74. The van der Waals surface area contributed by atoms with Crippen LogP contribution in [0.1, 0.15) is 25.3 Å². The summed E-state index contributed by atoms with van der Waals surface area (Å²) in [6.07, 6.45) is 5.74. The lowest BCUT2D eigenvalue weighted by atomic mass is 9.97. The van der Waals surface area contributed by atoms with Crippen LogP contribution in [0.3, 0.4) is 0 Å². The Kier molecular flexibility index (Phi) is 4.34. The molecule has 1 aromatic heterocycles. The van der Waals surface area contributed by atoms with Crippen molar-refractivity contribution in [3.8, 4) is 5.69 Å². The zero-order valence-electron chi connectivity index (χ0n) is 13.2. The number of urea groups is 1. The summed E-state index contributed by atoms with van der Waals surface area (Å²) in [5.74, 6) is 0.381. The molecule has 1 atom stereocenters. The first-order valence-corrected chi connectivity index (χ1v) is 7.86. The molecule has 6 nitrogen and oxygen atoms in total. The number of aliphatic hydroxyl groups excluding tert-OH is 1. The normalized spacial score (nSPS) is 16.6. The minimum Gasteiger partial charge on any atom is -0.394 e. The SMILES string of the molecule is CC(CO)(NC(=O)NCc1ccc(-n2cccn2)cc1)C1CC1. The maximum absolute atomic E-state index is 12.0. The number of amides is 2. The summed E-state index contributed by atoms with van der Waals surface area (Å²) in [5, 5.41) is 19.4. The van der Waals surface area contributed by atoms with E-state index < -0.39 is 5.54 Å². The van der Waals surface area contributed by atoms with Crippen LogP contribution in [0.15, 0.2) is 42.7 Å². The van der Waals surface area contributed by atoms with Crippen molar-refractivity contribution in [1.29, 1.82) is 0 Å². The van der Waals surface area contributed by atoms with Gasteiger partial charge in [-0.1, -0.05) is 12.1 Å². The van der Waals surface area contributed by atoms with E-state index in [1.165, 1.54) is 0 Å². The quantitative estimate of drug-likeness (QED) is 0.761. The van der Waals surface area contributed by atoms with Gasteiger partial charge in [0.1, 0.15) is 0 Å². The van der Waals surface area contributed by atoms with Gasteiger partial charge < -0.3 is 15.7 Å². The molecule has 0 spiro atoms. The molecule has 0 aliphatic heterocycles. The first-order valence-electron chi connectivity index (χ1n) is 7.86. The standard InChI is InChI=1S/C17H22N4O2/c1-17(12-22,14-5-6-14)20-16(23)18-11-13-3-7-15(8-4-13)21-10-2-9-19-21/h2-4,7-10,14,22H,5-6,11-12H2,1H3,(H2,18,20,23). The molecule has 1 aliphatic rings. The third-order valence-electron chi connectivity index (χ3n) is 4.36. The third kappa shape index (κ3) is 3.71. The van der Waals surface area contributed by atoms with E-state index in [0.29, 0.717) is 12.5 Å². The van der Waals surface area contributed by atoms with Gasteiger partial charge in [-0.25, -0.2) is 9.48 Å². The van der Waals surface area contributed by atoms with Crippen LogP contribution in [0.25, 0.3) is 5.69 Å². The van der Waals surface area contributed by atoms with Crippen LogP contribution in [-0.2, 0) is 6.54 Å². The fourth-order valence-electron chi connectivity index (χ4n) is 2.67. The minimum atomic E-state index is -0.520. The predicted molar refractivity (Wildman–Crippen MR) is 87.2 cm³/mol. The van der Waals surface area contributed by atoms with E-state index in [4.69, 9.17) is 0 Å². The minimum absolute atomic E-state index is 0.0380. The van der Waals surface area contributed by atoms with Crippen LogP contribution in [0.2, 0.25) is 0 Å².